The molecule has 1 atom stereocenters. The van der Waals surface area contributed by atoms with E-state index in [0.29, 0.717) is 0 Å². The van der Waals surface area contributed by atoms with Gasteiger partial charge in [0.25, 0.3) is 0 Å². The summed E-state index contributed by atoms with van der Waals surface area (Å²) in [6.45, 7) is 5.03. The quantitative estimate of drug-likeness (QED) is 0.661. The van der Waals surface area contributed by atoms with Gasteiger partial charge in [0, 0.05) is 13.0 Å². The largest absolute Gasteiger partial charge is 0.464 e. The smallest absolute Gasteiger partial charge is 0.422 e. The maximum atomic E-state index is 11.8. The Morgan fingerprint density at radius 3 is 2.56 bits per heavy atom. The molecule has 0 bridgehead atoms. The summed E-state index contributed by atoms with van der Waals surface area (Å²) >= 11 is 0. The highest BCUT2D eigenvalue weighted by molar-refractivity contribution is 5.88. The fourth-order valence-electron chi connectivity index (χ4n) is 1.55. The number of carboxylic acid groups (broad SMARTS) is 1. The van der Waals surface area contributed by atoms with Gasteiger partial charge in [-0.25, -0.2) is 15.2 Å². The summed E-state index contributed by atoms with van der Waals surface area (Å²) in [7, 11) is 0. The summed E-state index contributed by atoms with van der Waals surface area (Å²) in [5, 5.41) is 9.57. The number of nitrogens with zero attached hydrogens (tertiary/aromatic N) is 1. The number of hydrogen-bond acceptors (Lipinski definition) is 5. The van der Waals surface area contributed by atoms with Crippen molar-refractivity contribution < 1.29 is 24.2 Å². The Labute approximate surface area is 105 Å². The molecule has 2 N–H and O–H groups in total. The first-order chi connectivity index (χ1) is 8.19. The van der Waals surface area contributed by atoms with Crippen LogP contribution in [0.4, 0.5) is 4.79 Å². The van der Waals surface area contributed by atoms with Gasteiger partial charge in [-0.2, -0.15) is 0 Å². The number of Topliss-reactive ketones (excluding diaryl/α,β-unsaturated/α-hetero) is 1. The fraction of sp³-hybridized carbons (Fsp3) is 0.727. The van der Waals surface area contributed by atoms with Gasteiger partial charge in [-0.05, 0) is 20.8 Å². The van der Waals surface area contributed by atoms with Crippen molar-refractivity contribution in [3.05, 3.63) is 0 Å². The first kappa shape index (κ1) is 14.4. The number of rotatable bonds is 1. The molecule has 0 spiro atoms. The van der Waals surface area contributed by atoms with E-state index < -0.39 is 23.6 Å². The minimum absolute atomic E-state index is 0.00824. The third-order valence-corrected chi connectivity index (χ3v) is 2.31. The molecule has 18 heavy (non-hydrogen) atoms. The van der Waals surface area contributed by atoms with Gasteiger partial charge in [-0.1, -0.05) is 0 Å². The first-order valence-electron chi connectivity index (χ1n) is 5.67. The molecule has 1 fully saturated rings. The second kappa shape index (κ2) is 5.34. The number of esters is 1. The second-order valence-corrected chi connectivity index (χ2v) is 5.20. The van der Waals surface area contributed by atoms with Crippen LogP contribution in [-0.4, -0.2) is 46.7 Å². The molecule has 0 saturated carbocycles. The molecular formula is C11H18N2O5. The molecule has 1 aliphatic rings. The maximum Gasteiger partial charge on any atom is 0.422 e. The Morgan fingerprint density at radius 1 is 1.44 bits per heavy atom. The number of carbonyl (C=O) groups excluding carboxylic acids is 2. The lowest BCUT2D eigenvalue weighted by atomic mass is 10.0. The average Bonchev–Trinajstić information content (AvgIpc) is 2.37. The van der Waals surface area contributed by atoms with E-state index in [0.717, 1.165) is 5.01 Å². The van der Waals surface area contributed by atoms with Crippen molar-refractivity contribution in [3.63, 3.8) is 0 Å². The topological polar surface area (TPSA) is 95.9 Å². The highest BCUT2D eigenvalue weighted by Gasteiger charge is 2.31. The molecule has 0 aromatic carbocycles. The van der Waals surface area contributed by atoms with Crippen molar-refractivity contribution in [2.45, 2.75) is 32.8 Å². The molecule has 1 saturated heterocycles. The van der Waals surface area contributed by atoms with Gasteiger partial charge in [-0.15, -0.1) is 0 Å². The summed E-state index contributed by atoms with van der Waals surface area (Å²) in [5.74, 6) is -1.45. The summed E-state index contributed by atoms with van der Waals surface area (Å²) in [6, 6.07) is 0. The van der Waals surface area contributed by atoms with Crippen LogP contribution < -0.4 is 5.43 Å². The Morgan fingerprint density at radius 2 is 2.06 bits per heavy atom. The predicted octanol–water partition coefficient (Wildman–Crippen LogP) is 0.402. The molecular weight excluding hydrogens is 240 g/mol. The molecule has 0 aromatic heterocycles. The van der Waals surface area contributed by atoms with Crippen molar-refractivity contribution in [2.75, 3.05) is 13.1 Å². The van der Waals surface area contributed by atoms with E-state index >= 15 is 0 Å². The molecule has 1 unspecified atom stereocenters. The van der Waals surface area contributed by atoms with Crippen LogP contribution in [0.25, 0.3) is 0 Å². The van der Waals surface area contributed by atoms with Crippen LogP contribution in [0, 0.1) is 5.92 Å². The molecule has 1 heterocycles. The summed E-state index contributed by atoms with van der Waals surface area (Å²) in [5.41, 5.74) is 1.91. The van der Waals surface area contributed by atoms with E-state index in [1.54, 1.807) is 20.8 Å². The summed E-state index contributed by atoms with van der Waals surface area (Å²) < 4.78 is 5.18. The van der Waals surface area contributed by atoms with Gasteiger partial charge in [0.2, 0.25) is 0 Å². The number of amides is 1. The normalized spacial score (nSPS) is 21.4. The third kappa shape index (κ3) is 4.33. The van der Waals surface area contributed by atoms with Crippen LogP contribution in [0.3, 0.4) is 0 Å². The number of hydrazine groups is 1. The van der Waals surface area contributed by atoms with E-state index in [4.69, 9.17) is 9.84 Å². The highest BCUT2D eigenvalue weighted by Crippen LogP contribution is 2.15. The van der Waals surface area contributed by atoms with Gasteiger partial charge in [0.15, 0.2) is 5.78 Å². The van der Waals surface area contributed by atoms with Gasteiger partial charge >= 0.3 is 12.1 Å². The summed E-state index contributed by atoms with van der Waals surface area (Å²) in [4.78, 5) is 34.1. The Kier molecular flexibility index (Phi) is 4.28. The zero-order valence-corrected chi connectivity index (χ0v) is 10.7. The van der Waals surface area contributed by atoms with Crippen LogP contribution in [0.1, 0.15) is 27.2 Å². The lowest BCUT2D eigenvalue weighted by Gasteiger charge is -2.23. The number of ketones is 1. The predicted molar refractivity (Wildman–Crippen MR) is 61.7 cm³/mol. The highest BCUT2D eigenvalue weighted by atomic mass is 16.6. The molecule has 7 heteroatoms. The van der Waals surface area contributed by atoms with Gasteiger partial charge in [-0.3, -0.25) is 9.59 Å². The Hall–Kier alpha value is -1.63. The molecule has 7 nitrogen and oxygen atoms in total. The maximum absolute atomic E-state index is 11.8. The zero-order valence-electron chi connectivity index (χ0n) is 10.7. The molecule has 1 aliphatic heterocycles. The molecule has 1 rings (SSSR count). The number of hydrogen-bond donors (Lipinski definition) is 2. The second-order valence-electron chi connectivity index (χ2n) is 5.20. The molecule has 0 aromatic rings. The van der Waals surface area contributed by atoms with E-state index in [1.807, 2.05) is 0 Å². The Bertz CT molecular complexity index is 361. The van der Waals surface area contributed by atoms with Gasteiger partial charge in [0.05, 0.1) is 12.5 Å². The van der Waals surface area contributed by atoms with Crippen LogP contribution in [0.2, 0.25) is 0 Å². The lowest BCUT2D eigenvalue weighted by Crippen LogP contribution is -2.44. The van der Waals surface area contributed by atoms with Gasteiger partial charge < -0.3 is 9.84 Å². The molecule has 1 amide bonds. The van der Waals surface area contributed by atoms with Crippen LogP contribution >= 0.6 is 0 Å². The van der Waals surface area contributed by atoms with Crippen molar-refractivity contribution in [2.24, 2.45) is 5.92 Å². The zero-order chi connectivity index (χ0) is 13.9. The average molecular weight is 258 g/mol. The van der Waals surface area contributed by atoms with Crippen LogP contribution in [0.15, 0.2) is 0 Å². The SMILES string of the molecule is CC(C)(C)OC(=O)C1CNN(C(=O)O)CC(=O)C1. The minimum Gasteiger partial charge on any atom is -0.464 e. The fourth-order valence-corrected chi connectivity index (χ4v) is 1.55. The molecule has 0 aliphatic carbocycles. The van der Waals surface area contributed by atoms with Crippen molar-refractivity contribution in [1.29, 1.82) is 0 Å². The Balaban J connectivity index is 2.66. The number of ether oxygens (including phenoxy) is 1. The summed E-state index contributed by atoms with van der Waals surface area (Å²) in [6.07, 6.45) is -1.25. The lowest BCUT2D eigenvalue weighted by molar-refractivity contribution is -0.160. The van der Waals surface area contributed by atoms with Crippen LogP contribution in [0.5, 0.6) is 0 Å². The van der Waals surface area contributed by atoms with Gasteiger partial charge in [0.1, 0.15) is 5.60 Å². The first-order valence-corrected chi connectivity index (χ1v) is 5.67. The van der Waals surface area contributed by atoms with Crippen LogP contribution in [-0.2, 0) is 14.3 Å². The van der Waals surface area contributed by atoms with E-state index in [1.165, 1.54) is 0 Å². The monoisotopic (exact) mass is 258 g/mol. The number of nitrogens with one attached hydrogen (secondary N) is 1. The molecule has 102 valence electrons. The van der Waals surface area contributed by atoms with E-state index in [2.05, 4.69) is 5.43 Å². The standard InChI is InChI=1S/C11H18N2O5/c1-11(2,3)18-9(15)7-4-8(14)6-13(10(16)17)12-5-7/h7,12H,4-6H2,1-3H3,(H,16,17). The number of carbonyl (C=O) groups is 3. The van der Waals surface area contributed by atoms with Crippen molar-refractivity contribution in [1.82, 2.24) is 10.4 Å². The van der Waals surface area contributed by atoms with Crippen molar-refractivity contribution >= 4 is 17.8 Å². The van der Waals surface area contributed by atoms with E-state index in [9.17, 15) is 14.4 Å². The van der Waals surface area contributed by atoms with Crippen molar-refractivity contribution in [3.8, 4) is 0 Å². The van der Waals surface area contributed by atoms with E-state index in [-0.39, 0.29) is 25.3 Å². The minimum atomic E-state index is -1.24. The third-order valence-electron chi connectivity index (χ3n) is 2.31. The molecule has 0 radical (unpaired) electrons.